The van der Waals surface area contributed by atoms with E-state index in [-0.39, 0.29) is 6.54 Å². The molecule has 0 saturated heterocycles. The molecule has 0 aliphatic heterocycles. The Hall–Kier alpha value is -3.85. The van der Waals surface area contributed by atoms with Gasteiger partial charge in [-0.25, -0.2) is 9.36 Å². The topological polar surface area (TPSA) is 91.6 Å². The lowest BCUT2D eigenvalue weighted by molar-refractivity contribution is -0.116. The number of carbonyl (C=O) groups excluding carboxylic acids is 1. The SMILES string of the molecule is COc1ccc(NC(=O)Cn2c(=O)n(-c3ccccc3)c(=O)c3cc(C)sc32)cc1OC. The van der Waals surface area contributed by atoms with Crippen molar-refractivity contribution in [2.45, 2.75) is 13.5 Å². The highest BCUT2D eigenvalue weighted by atomic mass is 32.1. The summed E-state index contributed by atoms with van der Waals surface area (Å²) in [4.78, 5) is 40.5. The van der Waals surface area contributed by atoms with Crippen molar-refractivity contribution >= 4 is 33.1 Å². The van der Waals surface area contributed by atoms with Crippen molar-refractivity contribution in [2.24, 2.45) is 0 Å². The lowest BCUT2D eigenvalue weighted by Crippen LogP contribution is -2.40. The second kappa shape index (κ2) is 8.72. The van der Waals surface area contributed by atoms with Gasteiger partial charge in [-0.2, -0.15) is 0 Å². The Morgan fingerprint density at radius 1 is 1.00 bits per heavy atom. The van der Waals surface area contributed by atoms with Gasteiger partial charge in [0.25, 0.3) is 5.56 Å². The molecule has 2 aromatic heterocycles. The molecule has 2 heterocycles. The van der Waals surface area contributed by atoms with Crippen LogP contribution in [0.15, 0.2) is 64.2 Å². The van der Waals surface area contributed by atoms with E-state index in [2.05, 4.69) is 5.32 Å². The summed E-state index contributed by atoms with van der Waals surface area (Å²) in [5.74, 6) is 0.591. The van der Waals surface area contributed by atoms with Crippen molar-refractivity contribution in [3.05, 3.63) is 80.3 Å². The number of rotatable bonds is 6. The first-order valence-electron chi connectivity index (χ1n) is 9.76. The van der Waals surface area contributed by atoms with Gasteiger partial charge in [0.2, 0.25) is 5.91 Å². The smallest absolute Gasteiger partial charge is 0.337 e. The molecule has 2 aromatic carbocycles. The Labute approximate surface area is 187 Å². The molecule has 1 amide bonds. The van der Waals surface area contributed by atoms with E-state index in [9.17, 15) is 14.4 Å². The molecule has 9 heteroatoms. The number of ether oxygens (including phenoxy) is 2. The predicted molar refractivity (Wildman–Crippen MR) is 125 cm³/mol. The number of carbonyl (C=O) groups is 1. The Bertz CT molecular complexity index is 1420. The standard InChI is InChI=1S/C23H21N3O5S/c1-14-11-17-21(28)26(16-7-5-4-6-8-16)23(29)25(22(17)32-14)13-20(27)24-15-9-10-18(30-2)19(12-15)31-3/h4-12H,13H2,1-3H3,(H,24,27). The third kappa shape index (κ3) is 3.90. The van der Waals surface area contributed by atoms with Gasteiger partial charge in [0.15, 0.2) is 11.5 Å². The second-order valence-electron chi connectivity index (χ2n) is 7.04. The second-order valence-corrected chi connectivity index (χ2v) is 8.27. The number of fused-ring (bicyclic) bond motifs is 1. The summed E-state index contributed by atoms with van der Waals surface area (Å²) in [6.07, 6.45) is 0. The summed E-state index contributed by atoms with van der Waals surface area (Å²) in [5, 5.41) is 3.17. The van der Waals surface area contributed by atoms with E-state index >= 15 is 0 Å². The number of para-hydroxylation sites is 1. The van der Waals surface area contributed by atoms with E-state index in [0.717, 1.165) is 9.44 Å². The molecule has 0 radical (unpaired) electrons. The lowest BCUT2D eigenvalue weighted by atomic mass is 10.2. The van der Waals surface area contributed by atoms with Crippen LogP contribution in [0.5, 0.6) is 11.5 Å². The van der Waals surface area contributed by atoms with Crippen LogP contribution in [-0.4, -0.2) is 29.3 Å². The minimum Gasteiger partial charge on any atom is -0.493 e. The highest BCUT2D eigenvalue weighted by Gasteiger charge is 2.19. The minimum atomic E-state index is -0.571. The van der Waals surface area contributed by atoms with E-state index in [1.807, 2.05) is 6.92 Å². The van der Waals surface area contributed by atoms with E-state index < -0.39 is 17.2 Å². The monoisotopic (exact) mass is 451 g/mol. The van der Waals surface area contributed by atoms with Gasteiger partial charge in [0.1, 0.15) is 11.4 Å². The molecule has 0 atom stereocenters. The largest absolute Gasteiger partial charge is 0.493 e. The number of anilines is 1. The molecule has 32 heavy (non-hydrogen) atoms. The first-order chi connectivity index (χ1) is 15.4. The number of methoxy groups -OCH3 is 2. The molecule has 4 rings (SSSR count). The molecular weight excluding hydrogens is 430 g/mol. The van der Waals surface area contributed by atoms with E-state index in [4.69, 9.17) is 9.47 Å². The average Bonchev–Trinajstić information content (AvgIpc) is 3.19. The maximum absolute atomic E-state index is 13.3. The molecule has 0 spiro atoms. The molecule has 1 N–H and O–H groups in total. The minimum absolute atomic E-state index is 0.253. The molecule has 0 bridgehead atoms. The van der Waals surface area contributed by atoms with Crippen LogP contribution in [0, 0.1) is 6.92 Å². The highest BCUT2D eigenvalue weighted by molar-refractivity contribution is 7.18. The summed E-state index contributed by atoms with van der Waals surface area (Å²) in [7, 11) is 3.03. The van der Waals surface area contributed by atoms with Gasteiger partial charge >= 0.3 is 5.69 Å². The van der Waals surface area contributed by atoms with E-state index in [1.54, 1.807) is 54.6 Å². The summed E-state index contributed by atoms with van der Waals surface area (Å²) in [5.41, 5.74) is -0.0342. The van der Waals surface area contributed by atoms with E-state index in [1.165, 1.54) is 30.1 Å². The number of thiophene rings is 1. The Morgan fingerprint density at radius 2 is 1.72 bits per heavy atom. The van der Waals surface area contributed by atoms with Crippen LogP contribution in [0.1, 0.15) is 4.88 Å². The lowest BCUT2D eigenvalue weighted by Gasteiger charge is -2.13. The number of benzene rings is 2. The Morgan fingerprint density at radius 3 is 2.41 bits per heavy atom. The van der Waals surface area contributed by atoms with Crippen LogP contribution in [0.2, 0.25) is 0 Å². The zero-order valence-electron chi connectivity index (χ0n) is 17.7. The quantitative estimate of drug-likeness (QED) is 0.486. The number of aromatic nitrogens is 2. The van der Waals surface area contributed by atoms with Gasteiger partial charge in [-0.15, -0.1) is 11.3 Å². The Kier molecular flexibility index (Phi) is 5.83. The average molecular weight is 452 g/mol. The van der Waals surface area contributed by atoms with Gasteiger partial charge in [0, 0.05) is 16.6 Å². The number of nitrogens with one attached hydrogen (secondary N) is 1. The van der Waals surface area contributed by atoms with Gasteiger partial charge < -0.3 is 14.8 Å². The molecule has 164 valence electrons. The van der Waals surface area contributed by atoms with Gasteiger partial charge in [-0.3, -0.25) is 14.2 Å². The van der Waals surface area contributed by atoms with Gasteiger partial charge in [0.05, 0.1) is 25.3 Å². The molecule has 0 aliphatic carbocycles. The summed E-state index contributed by atoms with van der Waals surface area (Å²) in [6.45, 7) is 1.60. The molecule has 0 saturated carbocycles. The van der Waals surface area contributed by atoms with Crippen molar-refractivity contribution < 1.29 is 14.3 Å². The fraction of sp³-hybridized carbons (Fsp3) is 0.174. The summed E-state index contributed by atoms with van der Waals surface area (Å²) in [6, 6.07) is 15.4. The van der Waals surface area contributed by atoms with Crippen molar-refractivity contribution in [2.75, 3.05) is 19.5 Å². The van der Waals surface area contributed by atoms with Crippen molar-refractivity contribution in [1.82, 2.24) is 9.13 Å². The number of aryl methyl sites for hydroxylation is 1. The number of hydrogen-bond donors (Lipinski definition) is 1. The van der Waals surface area contributed by atoms with Crippen LogP contribution in [0.25, 0.3) is 15.9 Å². The summed E-state index contributed by atoms with van der Waals surface area (Å²) >= 11 is 1.30. The van der Waals surface area contributed by atoms with Crippen LogP contribution in [0.4, 0.5) is 5.69 Å². The third-order valence-corrected chi connectivity index (χ3v) is 5.99. The Balaban J connectivity index is 1.75. The molecule has 4 aromatic rings. The van der Waals surface area contributed by atoms with Crippen molar-refractivity contribution in [3.63, 3.8) is 0 Å². The number of amides is 1. The first kappa shape index (κ1) is 21.4. The number of nitrogens with zero attached hydrogens (tertiary/aromatic N) is 2. The third-order valence-electron chi connectivity index (χ3n) is 4.92. The summed E-state index contributed by atoms with van der Waals surface area (Å²) < 4.78 is 12.9. The van der Waals surface area contributed by atoms with Crippen LogP contribution < -0.4 is 26.0 Å². The zero-order valence-corrected chi connectivity index (χ0v) is 18.6. The fourth-order valence-corrected chi connectivity index (χ4v) is 4.46. The molecule has 0 unspecified atom stereocenters. The fourth-order valence-electron chi connectivity index (χ4n) is 3.47. The molecule has 8 nitrogen and oxygen atoms in total. The normalized spacial score (nSPS) is 10.8. The zero-order chi connectivity index (χ0) is 22.8. The first-order valence-corrected chi connectivity index (χ1v) is 10.6. The highest BCUT2D eigenvalue weighted by Crippen LogP contribution is 2.29. The molecule has 0 fully saturated rings. The maximum atomic E-state index is 13.3. The van der Waals surface area contributed by atoms with Crippen LogP contribution >= 0.6 is 11.3 Å². The van der Waals surface area contributed by atoms with Crippen molar-refractivity contribution in [1.29, 1.82) is 0 Å². The van der Waals surface area contributed by atoms with E-state index in [0.29, 0.717) is 33.1 Å². The van der Waals surface area contributed by atoms with Gasteiger partial charge in [-0.05, 0) is 37.3 Å². The molecule has 0 aliphatic rings. The van der Waals surface area contributed by atoms with Gasteiger partial charge in [-0.1, -0.05) is 18.2 Å². The van der Waals surface area contributed by atoms with Crippen LogP contribution in [0.3, 0.4) is 0 Å². The molecular formula is C23H21N3O5S. The predicted octanol–water partition coefficient (Wildman–Crippen LogP) is 3.18. The maximum Gasteiger partial charge on any atom is 0.337 e. The van der Waals surface area contributed by atoms with Crippen molar-refractivity contribution in [3.8, 4) is 17.2 Å². The van der Waals surface area contributed by atoms with Crippen LogP contribution in [-0.2, 0) is 11.3 Å². The number of hydrogen-bond acceptors (Lipinski definition) is 6.